The summed E-state index contributed by atoms with van der Waals surface area (Å²) in [4.78, 5) is 30.5. The van der Waals surface area contributed by atoms with Crippen LogP contribution in [0.4, 0.5) is 11.4 Å². The zero-order valence-electron chi connectivity index (χ0n) is 21.3. The van der Waals surface area contributed by atoms with E-state index in [1.54, 1.807) is 24.4 Å². The standard InChI is InChI=1S/C29H26N4O5S/c1-36-17-25(34)31-20-9-11-21(12-10-20)33-27(26(32-29(33)39)22-8-3-4-15-30-22)24-14-13-23(38-24)18-6-5-7-19(16-18)28(35)37-2/h3-16,26-27H,17H2,1-2H3,(H,31,34)(H,32,39)/t26-,27+/m0/s1. The van der Waals surface area contributed by atoms with E-state index in [4.69, 9.17) is 26.1 Å². The van der Waals surface area contributed by atoms with E-state index in [0.29, 0.717) is 27.9 Å². The van der Waals surface area contributed by atoms with E-state index in [9.17, 15) is 9.59 Å². The van der Waals surface area contributed by atoms with E-state index in [1.807, 2.05) is 65.6 Å². The molecule has 0 spiro atoms. The van der Waals surface area contributed by atoms with Gasteiger partial charge in [-0.25, -0.2) is 4.79 Å². The molecule has 0 aliphatic carbocycles. The summed E-state index contributed by atoms with van der Waals surface area (Å²) < 4.78 is 16.1. The van der Waals surface area contributed by atoms with Crippen LogP contribution in [0.5, 0.6) is 0 Å². The first-order valence-corrected chi connectivity index (χ1v) is 12.6. The number of carbonyl (C=O) groups is 2. The van der Waals surface area contributed by atoms with E-state index in [1.165, 1.54) is 14.2 Å². The molecule has 39 heavy (non-hydrogen) atoms. The third-order valence-electron chi connectivity index (χ3n) is 6.29. The van der Waals surface area contributed by atoms with Crippen molar-refractivity contribution < 1.29 is 23.5 Å². The highest BCUT2D eigenvalue weighted by Gasteiger charge is 2.42. The van der Waals surface area contributed by atoms with Crippen molar-refractivity contribution in [3.8, 4) is 11.3 Å². The van der Waals surface area contributed by atoms with Crippen molar-refractivity contribution in [1.82, 2.24) is 10.3 Å². The molecule has 10 heteroatoms. The number of nitrogens with one attached hydrogen (secondary N) is 2. The van der Waals surface area contributed by atoms with E-state index in [-0.39, 0.29) is 24.6 Å². The van der Waals surface area contributed by atoms with Crippen molar-refractivity contribution >= 4 is 40.6 Å². The van der Waals surface area contributed by atoms with Crippen LogP contribution in [0, 0.1) is 0 Å². The Kier molecular flexibility index (Phi) is 7.67. The molecule has 0 saturated carbocycles. The number of amides is 1. The van der Waals surface area contributed by atoms with Gasteiger partial charge >= 0.3 is 5.97 Å². The molecule has 2 N–H and O–H groups in total. The lowest BCUT2D eigenvalue weighted by Gasteiger charge is -2.26. The van der Waals surface area contributed by atoms with Gasteiger partial charge in [-0.2, -0.15) is 0 Å². The largest absolute Gasteiger partial charge is 0.465 e. The van der Waals surface area contributed by atoms with Gasteiger partial charge in [-0.05, 0) is 72.9 Å². The number of methoxy groups -OCH3 is 2. The summed E-state index contributed by atoms with van der Waals surface area (Å²) in [6.45, 7) is -0.0287. The molecular formula is C29H26N4O5S. The number of pyridine rings is 1. The molecule has 2 aromatic carbocycles. The van der Waals surface area contributed by atoms with Gasteiger partial charge in [0.1, 0.15) is 24.2 Å². The van der Waals surface area contributed by atoms with Crippen molar-refractivity contribution in [3.05, 3.63) is 102 Å². The fourth-order valence-electron chi connectivity index (χ4n) is 4.54. The molecular weight excluding hydrogens is 516 g/mol. The number of carbonyl (C=O) groups excluding carboxylic acids is 2. The maximum absolute atomic E-state index is 12.0. The predicted molar refractivity (Wildman–Crippen MR) is 150 cm³/mol. The smallest absolute Gasteiger partial charge is 0.337 e. The lowest BCUT2D eigenvalue weighted by atomic mass is 10.0. The average Bonchev–Trinajstić information content (AvgIpc) is 3.58. The number of anilines is 2. The molecule has 1 fully saturated rings. The highest BCUT2D eigenvalue weighted by molar-refractivity contribution is 7.80. The Morgan fingerprint density at radius 3 is 2.59 bits per heavy atom. The van der Waals surface area contributed by atoms with Crippen LogP contribution in [0.25, 0.3) is 11.3 Å². The minimum atomic E-state index is -0.419. The summed E-state index contributed by atoms with van der Waals surface area (Å²) in [5, 5.41) is 6.71. The Balaban J connectivity index is 1.50. The van der Waals surface area contributed by atoms with Gasteiger partial charge in [0.15, 0.2) is 5.11 Å². The molecule has 3 heterocycles. The highest BCUT2D eigenvalue weighted by atomic mass is 32.1. The van der Waals surface area contributed by atoms with Crippen molar-refractivity contribution in [2.75, 3.05) is 31.0 Å². The molecule has 5 rings (SSSR count). The molecule has 1 aliphatic rings. The van der Waals surface area contributed by atoms with Crippen LogP contribution in [0.2, 0.25) is 0 Å². The first kappa shape index (κ1) is 26.1. The SMILES string of the molecule is COCC(=O)Nc1ccc(N2C(=S)N[C@@H](c3ccccn3)[C@H]2c2ccc(-c3cccc(C(=O)OC)c3)o2)cc1. The lowest BCUT2D eigenvalue weighted by Crippen LogP contribution is -2.29. The minimum absolute atomic E-state index is 0.0287. The fourth-order valence-corrected chi connectivity index (χ4v) is 4.89. The van der Waals surface area contributed by atoms with Crippen molar-refractivity contribution in [3.63, 3.8) is 0 Å². The number of hydrogen-bond donors (Lipinski definition) is 2. The third-order valence-corrected chi connectivity index (χ3v) is 6.60. The topological polar surface area (TPSA) is 106 Å². The summed E-state index contributed by atoms with van der Waals surface area (Å²) in [7, 11) is 2.82. The molecule has 198 valence electrons. The zero-order valence-corrected chi connectivity index (χ0v) is 22.1. The van der Waals surface area contributed by atoms with Gasteiger partial charge in [-0.3, -0.25) is 9.78 Å². The Morgan fingerprint density at radius 2 is 1.87 bits per heavy atom. The fraction of sp³-hybridized carbons (Fsp3) is 0.172. The van der Waals surface area contributed by atoms with Crippen LogP contribution < -0.4 is 15.5 Å². The third kappa shape index (κ3) is 5.52. The molecule has 0 unspecified atom stereocenters. The van der Waals surface area contributed by atoms with Gasteiger partial charge in [0.25, 0.3) is 0 Å². The van der Waals surface area contributed by atoms with Crippen molar-refractivity contribution in [2.24, 2.45) is 0 Å². The van der Waals surface area contributed by atoms with Crippen LogP contribution in [-0.4, -0.2) is 42.8 Å². The van der Waals surface area contributed by atoms with Gasteiger partial charge < -0.3 is 29.4 Å². The number of rotatable bonds is 8. The number of thiocarbonyl (C=S) groups is 1. The quantitative estimate of drug-likeness (QED) is 0.238. The Labute approximate surface area is 230 Å². The van der Waals surface area contributed by atoms with E-state index < -0.39 is 5.97 Å². The Hall–Kier alpha value is -4.54. The minimum Gasteiger partial charge on any atom is -0.465 e. The molecule has 1 aliphatic heterocycles. The average molecular weight is 543 g/mol. The number of benzene rings is 2. The second-order valence-corrected chi connectivity index (χ2v) is 9.19. The van der Waals surface area contributed by atoms with E-state index >= 15 is 0 Å². The normalized spacial score (nSPS) is 16.6. The summed E-state index contributed by atoms with van der Waals surface area (Å²) in [5.41, 5.74) is 3.44. The zero-order chi connectivity index (χ0) is 27.4. The van der Waals surface area contributed by atoms with Crippen molar-refractivity contribution in [1.29, 1.82) is 0 Å². The number of hydrogen-bond acceptors (Lipinski definition) is 7. The number of furan rings is 1. The molecule has 0 bridgehead atoms. The predicted octanol–water partition coefficient (Wildman–Crippen LogP) is 4.89. The summed E-state index contributed by atoms with van der Waals surface area (Å²) in [6.07, 6.45) is 1.74. The number of esters is 1. The van der Waals surface area contributed by atoms with Gasteiger partial charge in [0.2, 0.25) is 5.91 Å². The molecule has 1 amide bonds. The van der Waals surface area contributed by atoms with Gasteiger partial charge in [0.05, 0.1) is 24.4 Å². The van der Waals surface area contributed by atoms with Gasteiger partial charge in [-0.15, -0.1) is 0 Å². The second kappa shape index (κ2) is 11.5. The molecule has 2 atom stereocenters. The number of nitrogens with zero attached hydrogens (tertiary/aromatic N) is 2. The molecule has 4 aromatic rings. The monoisotopic (exact) mass is 542 g/mol. The summed E-state index contributed by atoms with van der Waals surface area (Å²) >= 11 is 5.78. The summed E-state index contributed by atoms with van der Waals surface area (Å²) in [6, 6.07) is 23.3. The van der Waals surface area contributed by atoms with Crippen LogP contribution in [0.15, 0.2) is 89.5 Å². The number of ether oxygens (including phenoxy) is 2. The maximum Gasteiger partial charge on any atom is 0.337 e. The second-order valence-electron chi connectivity index (χ2n) is 8.80. The summed E-state index contributed by atoms with van der Waals surface area (Å²) in [5.74, 6) is 0.603. The molecule has 2 aromatic heterocycles. The number of aromatic nitrogens is 1. The van der Waals surface area contributed by atoms with Crippen LogP contribution in [0.1, 0.15) is 33.9 Å². The van der Waals surface area contributed by atoms with Crippen LogP contribution in [-0.2, 0) is 14.3 Å². The molecule has 9 nitrogen and oxygen atoms in total. The molecule has 1 saturated heterocycles. The lowest BCUT2D eigenvalue weighted by molar-refractivity contribution is -0.119. The van der Waals surface area contributed by atoms with Gasteiger partial charge in [-0.1, -0.05) is 18.2 Å². The Morgan fingerprint density at radius 1 is 1.05 bits per heavy atom. The van der Waals surface area contributed by atoms with Crippen molar-refractivity contribution in [2.45, 2.75) is 12.1 Å². The Bertz CT molecular complexity index is 1490. The van der Waals surface area contributed by atoms with E-state index in [0.717, 1.165) is 16.9 Å². The maximum atomic E-state index is 12.0. The first-order valence-electron chi connectivity index (χ1n) is 12.2. The van der Waals surface area contributed by atoms with E-state index in [2.05, 4.69) is 15.6 Å². The van der Waals surface area contributed by atoms with Gasteiger partial charge in [0, 0.05) is 30.2 Å². The highest BCUT2D eigenvalue weighted by Crippen LogP contribution is 2.43. The van der Waals surface area contributed by atoms with Crippen LogP contribution in [0.3, 0.4) is 0 Å². The first-order chi connectivity index (χ1) is 19.0. The molecule has 0 radical (unpaired) electrons. The van der Waals surface area contributed by atoms with Crippen LogP contribution >= 0.6 is 12.2 Å².